The second-order valence-electron chi connectivity index (χ2n) is 3.53. The molecule has 0 aromatic heterocycles. The molecule has 15 heavy (non-hydrogen) atoms. The summed E-state index contributed by atoms with van der Waals surface area (Å²) in [5.41, 5.74) is 1.49. The van der Waals surface area contributed by atoms with Crippen LogP contribution in [0.2, 0.25) is 0 Å². The van der Waals surface area contributed by atoms with Gasteiger partial charge in [0.25, 0.3) is 0 Å². The molecule has 0 bridgehead atoms. The van der Waals surface area contributed by atoms with Crippen molar-refractivity contribution in [1.82, 2.24) is 0 Å². The molecule has 3 heteroatoms. The maximum absolute atomic E-state index is 8.95. The molecule has 0 saturated heterocycles. The van der Waals surface area contributed by atoms with Gasteiger partial charge < -0.3 is 9.47 Å². The van der Waals surface area contributed by atoms with E-state index in [1.807, 2.05) is 13.8 Å². The third-order valence-corrected chi connectivity index (χ3v) is 2.28. The molecule has 0 N–H and O–H groups in total. The first kappa shape index (κ1) is 11.4. The number of nitrogens with zero attached hydrogens (tertiary/aromatic N) is 1. The maximum Gasteiger partial charge on any atom is 0.143 e. The Kier molecular flexibility index (Phi) is 3.56. The van der Waals surface area contributed by atoms with Gasteiger partial charge in [-0.05, 0) is 18.1 Å². The standard InChI is InChI=1S/C12H15NO2/c1-8(2)11-10(14-3)6-5-9(7-13)12(11)15-4/h5-6,8H,1-4H3. The average molecular weight is 205 g/mol. The Balaban J connectivity index is 3.46. The molecule has 0 aliphatic heterocycles. The van der Waals surface area contributed by atoms with E-state index >= 15 is 0 Å². The molecule has 0 atom stereocenters. The Labute approximate surface area is 90.2 Å². The SMILES string of the molecule is COc1ccc(C#N)c(OC)c1C(C)C. The largest absolute Gasteiger partial charge is 0.496 e. The van der Waals surface area contributed by atoms with Crippen LogP contribution in [0.15, 0.2) is 12.1 Å². The Morgan fingerprint density at radius 2 is 1.87 bits per heavy atom. The molecular weight excluding hydrogens is 190 g/mol. The summed E-state index contributed by atoms with van der Waals surface area (Å²) >= 11 is 0. The topological polar surface area (TPSA) is 42.2 Å². The van der Waals surface area contributed by atoms with Crippen LogP contribution in [-0.2, 0) is 0 Å². The fourth-order valence-corrected chi connectivity index (χ4v) is 1.61. The minimum absolute atomic E-state index is 0.253. The van der Waals surface area contributed by atoms with Crippen LogP contribution in [0.3, 0.4) is 0 Å². The van der Waals surface area contributed by atoms with E-state index in [2.05, 4.69) is 6.07 Å². The third kappa shape index (κ3) is 2.04. The maximum atomic E-state index is 8.95. The van der Waals surface area contributed by atoms with Crippen LogP contribution in [0.4, 0.5) is 0 Å². The number of hydrogen-bond donors (Lipinski definition) is 0. The summed E-state index contributed by atoms with van der Waals surface area (Å²) in [5.74, 6) is 1.64. The van der Waals surface area contributed by atoms with Gasteiger partial charge in [0, 0.05) is 5.56 Å². The first-order valence-corrected chi connectivity index (χ1v) is 4.80. The number of rotatable bonds is 3. The molecule has 0 saturated carbocycles. The quantitative estimate of drug-likeness (QED) is 0.761. The van der Waals surface area contributed by atoms with Crippen LogP contribution < -0.4 is 9.47 Å². The molecule has 0 aliphatic rings. The summed E-state index contributed by atoms with van der Waals surface area (Å²) in [6.45, 7) is 4.09. The van der Waals surface area contributed by atoms with Gasteiger partial charge in [-0.1, -0.05) is 13.8 Å². The van der Waals surface area contributed by atoms with Crippen molar-refractivity contribution in [1.29, 1.82) is 5.26 Å². The van der Waals surface area contributed by atoms with Gasteiger partial charge in [-0.25, -0.2) is 0 Å². The third-order valence-electron chi connectivity index (χ3n) is 2.28. The Hall–Kier alpha value is -1.69. The highest BCUT2D eigenvalue weighted by molar-refractivity contribution is 5.56. The van der Waals surface area contributed by atoms with Crippen molar-refractivity contribution in [2.45, 2.75) is 19.8 Å². The molecule has 0 aliphatic carbocycles. The second kappa shape index (κ2) is 4.70. The fourth-order valence-electron chi connectivity index (χ4n) is 1.61. The van der Waals surface area contributed by atoms with E-state index in [1.54, 1.807) is 26.4 Å². The minimum atomic E-state index is 0.253. The first-order valence-electron chi connectivity index (χ1n) is 4.80. The van der Waals surface area contributed by atoms with Gasteiger partial charge >= 0.3 is 0 Å². The van der Waals surface area contributed by atoms with E-state index in [1.165, 1.54) is 0 Å². The van der Waals surface area contributed by atoms with Crippen molar-refractivity contribution in [2.24, 2.45) is 0 Å². The van der Waals surface area contributed by atoms with E-state index < -0.39 is 0 Å². The van der Waals surface area contributed by atoms with Crippen molar-refractivity contribution >= 4 is 0 Å². The molecule has 0 heterocycles. The summed E-state index contributed by atoms with van der Waals surface area (Å²) in [7, 11) is 3.19. The summed E-state index contributed by atoms with van der Waals surface area (Å²) in [5, 5.41) is 8.95. The highest BCUT2D eigenvalue weighted by Crippen LogP contribution is 2.37. The average Bonchev–Trinajstić information content (AvgIpc) is 2.26. The van der Waals surface area contributed by atoms with Crippen molar-refractivity contribution in [3.63, 3.8) is 0 Å². The zero-order valence-electron chi connectivity index (χ0n) is 9.50. The van der Waals surface area contributed by atoms with Crippen molar-refractivity contribution < 1.29 is 9.47 Å². The lowest BCUT2D eigenvalue weighted by Gasteiger charge is -2.16. The molecule has 1 rings (SSSR count). The number of methoxy groups -OCH3 is 2. The summed E-state index contributed by atoms with van der Waals surface area (Å²) in [6, 6.07) is 5.63. The zero-order chi connectivity index (χ0) is 11.4. The first-order chi connectivity index (χ1) is 7.15. The smallest absolute Gasteiger partial charge is 0.143 e. The number of ether oxygens (including phenoxy) is 2. The Morgan fingerprint density at radius 3 is 2.27 bits per heavy atom. The molecule has 0 radical (unpaired) electrons. The predicted octanol–water partition coefficient (Wildman–Crippen LogP) is 2.70. The molecule has 0 fully saturated rings. The molecule has 0 unspecified atom stereocenters. The van der Waals surface area contributed by atoms with Crippen LogP contribution in [0, 0.1) is 11.3 Å². The fraction of sp³-hybridized carbons (Fsp3) is 0.417. The zero-order valence-corrected chi connectivity index (χ0v) is 9.50. The molecule has 1 aromatic carbocycles. The van der Waals surface area contributed by atoms with Crippen LogP contribution in [0.25, 0.3) is 0 Å². The number of benzene rings is 1. The number of hydrogen-bond acceptors (Lipinski definition) is 3. The van der Waals surface area contributed by atoms with Gasteiger partial charge in [0.1, 0.15) is 17.6 Å². The van der Waals surface area contributed by atoms with Crippen LogP contribution >= 0.6 is 0 Å². The van der Waals surface area contributed by atoms with E-state index in [0.717, 1.165) is 11.3 Å². The van der Waals surface area contributed by atoms with Gasteiger partial charge in [0.05, 0.1) is 19.8 Å². The molecule has 1 aromatic rings. The van der Waals surface area contributed by atoms with Gasteiger partial charge in [-0.2, -0.15) is 5.26 Å². The van der Waals surface area contributed by atoms with Crippen LogP contribution in [0.1, 0.15) is 30.9 Å². The lowest BCUT2D eigenvalue weighted by Crippen LogP contribution is -2.00. The highest BCUT2D eigenvalue weighted by atomic mass is 16.5. The summed E-state index contributed by atoms with van der Waals surface area (Å²) in [6.07, 6.45) is 0. The van der Waals surface area contributed by atoms with Gasteiger partial charge in [-0.3, -0.25) is 0 Å². The Bertz CT molecular complexity index is 391. The van der Waals surface area contributed by atoms with Crippen molar-refractivity contribution in [3.8, 4) is 17.6 Å². The van der Waals surface area contributed by atoms with E-state index in [9.17, 15) is 0 Å². The monoisotopic (exact) mass is 205 g/mol. The number of nitriles is 1. The summed E-state index contributed by atoms with van der Waals surface area (Å²) in [4.78, 5) is 0. The van der Waals surface area contributed by atoms with Crippen LogP contribution in [-0.4, -0.2) is 14.2 Å². The van der Waals surface area contributed by atoms with Crippen molar-refractivity contribution in [3.05, 3.63) is 23.3 Å². The van der Waals surface area contributed by atoms with E-state index in [0.29, 0.717) is 11.3 Å². The van der Waals surface area contributed by atoms with Gasteiger partial charge in [-0.15, -0.1) is 0 Å². The molecule has 3 nitrogen and oxygen atoms in total. The second-order valence-corrected chi connectivity index (χ2v) is 3.53. The van der Waals surface area contributed by atoms with Crippen LogP contribution in [0.5, 0.6) is 11.5 Å². The molecule has 80 valence electrons. The molecular formula is C12H15NO2. The summed E-state index contributed by atoms with van der Waals surface area (Å²) < 4.78 is 10.5. The Morgan fingerprint density at radius 1 is 1.20 bits per heavy atom. The van der Waals surface area contributed by atoms with Gasteiger partial charge in [0.15, 0.2) is 0 Å². The minimum Gasteiger partial charge on any atom is -0.496 e. The van der Waals surface area contributed by atoms with E-state index in [-0.39, 0.29) is 5.92 Å². The highest BCUT2D eigenvalue weighted by Gasteiger charge is 2.17. The van der Waals surface area contributed by atoms with E-state index in [4.69, 9.17) is 14.7 Å². The molecule has 0 spiro atoms. The lowest BCUT2D eigenvalue weighted by atomic mass is 9.98. The molecule has 0 amide bonds. The lowest BCUT2D eigenvalue weighted by molar-refractivity contribution is 0.381. The predicted molar refractivity (Wildman–Crippen MR) is 58.4 cm³/mol. The van der Waals surface area contributed by atoms with Crippen molar-refractivity contribution in [2.75, 3.05) is 14.2 Å². The van der Waals surface area contributed by atoms with Gasteiger partial charge in [0.2, 0.25) is 0 Å². The normalized spacial score (nSPS) is 9.87.